The van der Waals surface area contributed by atoms with Gasteiger partial charge in [0, 0.05) is 26.0 Å². The highest BCUT2D eigenvalue weighted by molar-refractivity contribution is 7.85. The number of likely N-dealkylation sites (N-methyl/N-ethyl adjacent to an activating group) is 1. The Bertz CT molecular complexity index is 736. The smallest absolute Gasteiger partial charge is 0.267 e. The molecule has 11 heteroatoms. The van der Waals surface area contributed by atoms with Crippen molar-refractivity contribution in [2.24, 2.45) is 0 Å². The molecule has 3 atom stereocenters. The minimum atomic E-state index is -4.21. The van der Waals surface area contributed by atoms with E-state index in [1.54, 1.807) is 0 Å². The van der Waals surface area contributed by atoms with Gasteiger partial charge < -0.3 is 29.5 Å². The van der Waals surface area contributed by atoms with E-state index < -0.39 is 28.1 Å². The molecule has 4 N–H and O–H groups in total. The van der Waals surface area contributed by atoms with Crippen LogP contribution in [-0.2, 0) is 24.4 Å². The first-order valence-corrected chi connectivity index (χ1v) is 17.6. The van der Waals surface area contributed by atoms with Gasteiger partial charge in [-0.2, -0.15) is 8.42 Å². The third-order valence-corrected chi connectivity index (χ3v) is 8.12. The molecule has 0 bridgehead atoms. The molecule has 0 saturated carbocycles. The van der Waals surface area contributed by atoms with Crippen LogP contribution in [-0.4, -0.2) is 111 Å². The summed E-state index contributed by atoms with van der Waals surface area (Å²) in [5.74, 6) is -0.641. The van der Waals surface area contributed by atoms with Crippen LogP contribution in [0.2, 0.25) is 0 Å². The average molecular weight is 612 g/mol. The summed E-state index contributed by atoms with van der Waals surface area (Å²) in [6.07, 6.45) is 13.2. The van der Waals surface area contributed by atoms with E-state index in [0.29, 0.717) is 50.2 Å². The highest BCUT2D eigenvalue weighted by Gasteiger charge is 2.24. The summed E-state index contributed by atoms with van der Waals surface area (Å²) in [4.78, 5) is 12.2. The van der Waals surface area contributed by atoms with Gasteiger partial charge in [-0.1, -0.05) is 71.1 Å². The van der Waals surface area contributed by atoms with Crippen LogP contribution in [0.4, 0.5) is 0 Å². The summed E-state index contributed by atoms with van der Waals surface area (Å²) >= 11 is 0. The van der Waals surface area contributed by atoms with Crippen molar-refractivity contribution in [1.82, 2.24) is 5.32 Å². The van der Waals surface area contributed by atoms with Crippen LogP contribution in [0.3, 0.4) is 0 Å². The molecule has 0 aliphatic rings. The number of nitrogens with zero attached hydrogens (tertiary/aromatic N) is 1. The van der Waals surface area contributed by atoms with Crippen LogP contribution >= 0.6 is 0 Å². The molecule has 0 aromatic rings. The first-order chi connectivity index (χ1) is 19.4. The van der Waals surface area contributed by atoms with Gasteiger partial charge in [-0.15, -0.1) is 0 Å². The second-order valence-electron chi connectivity index (χ2n) is 12.0. The maximum atomic E-state index is 12.2. The lowest BCUT2D eigenvalue weighted by Gasteiger charge is -2.31. The second kappa shape index (κ2) is 24.6. The van der Waals surface area contributed by atoms with E-state index in [-0.39, 0.29) is 18.6 Å². The fraction of sp³-hybridized carbons (Fsp3) is 0.967. The van der Waals surface area contributed by atoms with Crippen molar-refractivity contribution in [1.29, 1.82) is 0 Å². The maximum Gasteiger partial charge on any atom is 0.267 e. The molecule has 0 fully saturated rings. The number of aliphatic hydroxyl groups excluding tert-OH is 2. The molecule has 41 heavy (non-hydrogen) atoms. The zero-order valence-electron chi connectivity index (χ0n) is 26.5. The second-order valence-corrected chi connectivity index (χ2v) is 13.5. The molecule has 0 spiro atoms. The first kappa shape index (κ1) is 40.2. The van der Waals surface area contributed by atoms with Gasteiger partial charge in [0.15, 0.2) is 0 Å². The predicted octanol–water partition coefficient (Wildman–Crippen LogP) is 4.08. The molecule has 0 aliphatic carbocycles. The topological polar surface area (TPSA) is 142 Å². The SMILES string of the molecule is CCCCCCCCC(O)C(CCCCCCCC(=O)NCCC[N+](C)(C)CC(O)CS(=O)(=O)O)OCCOCC. The highest BCUT2D eigenvalue weighted by Crippen LogP contribution is 2.18. The van der Waals surface area contributed by atoms with E-state index in [1.807, 2.05) is 21.0 Å². The van der Waals surface area contributed by atoms with Crippen LogP contribution in [0.15, 0.2) is 0 Å². The Hall–Kier alpha value is -0.820. The van der Waals surface area contributed by atoms with Gasteiger partial charge in [-0.3, -0.25) is 9.35 Å². The number of nitrogens with one attached hydrogen (secondary N) is 1. The van der Waals surface area contributed by atoms with Gasteiger partial charge in [-0.05, 0) is 26.2 Å². The molecule has 0 rings (SSSR count). The number of amides is 1. The van der Waals surface area contributed by atoms with E-state index in [2.05, 4.69) is 12.2 Å². The Labute approximate surface area is 250 Å². The number of quaternary nitrogens is 1. The molecule has 246 valence electrons. The van der Waals surface area contributed by atoms with E-state index >= 15 is 0 Å². The lowest BCUT2D eigenvalue weighted by molar-refractivity contribution is -0.893. The molecule has 0 aromatic heterocycles. The lowest BCUT2D eigenvalue weighted by atomic mass is 9.99. The zero-order valence-corrected chi connectivity index (χ0v) is 27.3. The number of hydrogen-bond acceptors (Lipinski definition) is 7. The Morgan fingerprint density at radius 1 is 0.854 bits per heavy atom. The molecule has 0 aromatic carbocycles. The molecular weight excluding hydrogens is 548 g/mol. The van der Waals surface area contributed by atoms with Crippen LogP contribution < -0.4 is 5.32 Å². The third kappa shape index (κ3) is 26.5. The van der Waals surface area contributed by atoms with Crippen molar-refractivity contribution in [2.45, 2.75) is 128 Å². The Morgan fingerprint density at radius 3 is 2.10 bits per heavy atom. The zero-order chi connectivity index (χ0) is 31.0. The molecule has 0 aliphatic heterocycles. The molecule has 3 unspecified atom stereocenters. The van der Waals surface area contributed by atoms with Crippen molar-refractivity contribution >= 4 is 16.0 Å². The molecule has 0 heterocycles. The average Bonchev–Trinajstić information content (AvgIpc) is 2.87. The monoisotopic (exact) mass is 611 g/mol. The van der Waals surface area contributed by atoms with Crippen molar-refractivity contribution in [3.63, 3.8) is 0 Å². The normalized spacial score (nSPS) is 14.6. The standard InChI is InChI=1S/C30H62N2O8S/c1-5-7-8-9-11-14-18-28(34)29(40-24-23-39-6-2)19-15-12-10-13-16-20-30(35)31-21-17-22-32(3,4)25-27(33)26-41(36,37)38/h27-29,33-34H,5-26H2,1-4H3,(H-,31,35,36,37,38)/p+1. The van der Waals surface area contributed by atoms with E-state index in [0.717, 1.165) is 57.8 Å². The number of carbonyl (C=O) groups excluding carboxylic acids is 1. The fourth-order valence-corrected chi connectivity index (χ4v) is 5.64. The number of rotatable bonds is 29. The molecular formula is C30H63N2O8S+. The fourth-order valence-electron chi connectivity index (χ4n) is 5.05. The summed E-state index contributed by atoms with van der Waals surface area (Å²) < 4.78 is 42.5. The van der Waals surface area contributed by atoms with Gasteiger partial charge in [0.1, 0.15) is 18.4 Å². The number of ether oxygens (including phenoxy) is 2. The maximum absolute atomic E-state index is 12.2. The molecule has 10 nitrogen and oxygen atoms in total. The largest absolute Gasteiger partial charge is 0.390 e. The highest BCUT2D eigenvalue weighted by atomic mass is 32.2. The van der Waals surface area contributed by atoms with Crippen LogP contribution in [0.5, 0.6) is 0 Å². The summed E-state index contributed by atoms with van der Waals surface area (Å²) in [7, 11) is -0.454. The number of hydrogen-bond donors (Lipinski definition) is 4. The number of aliphatic hydroxyl groups is 2. The van der Waals surface area contributed by atoms with Gasteiger partial charge in [0.05, 0.1) is 46.1 Å². The summed E-state index contributed by atoms with van der Waals surface area (Å²) in [6.45, 7) is 7.29. The molecule has 0 saturated heterocycles. The van der Waals surface area contributed by atoms with Crippen LogP contribution in [0.25, 0.3) is 0 Å². The van der Waals surface area contributed by atoms with Crippen molar-refractivity contribution < 1.29 is 41.9 Å². The quantitative estimate of drug-likeness (QED) is 0.0563. The number of carbonyl (C=O) groups is 1. The van der Waals surface area contributed by atoms with Gasteiger partial charge in [0.25, 0.3) is 10.1 Å². The number of unbranched alkanes of at least 4 members (excludes halogenated alkanes) is 9. The minimum absolute atomic E-state index is 0.0299. The first-order valence-electron chi connectivity index (χ1n) is 16.0. The Balaban J connectivity index is 4.06. The van der Waals surface area contributed by atoms with Gasteiger partial charge in [-0.25, -0.2) is 0 Å². The van der Waals surface area contributed by atoms with Crippen molar-refractivity contribution in [3.8, 4) is 0 Å². The summed E-state index contributed by atoms with van der Waals surface area (Å²) in [6, 6.07) is 0. The Kier molecular flexibility index (Phi) is 24.1. The van der Waals surface area contributed by atoms with Gasteiger partial charge >= 0.3 is 0 Å². The lowest BCUT2D eigenvalue weighted by Crippen LogP contribution is -2.48. The van der Waals surface area contributed by atoms with E-state index in [9.17, 15) is 23.4 Å². The predicted molar refractivity (Wildman–Crippen MR) is 164 cm³/mol. The van der Waals surface area contributed by atoms with Crippen LogP contribution in [0, 0.1) is 0 Å². The summed E-state index contributed by atoms with van der Waals surface area (Å²) in [5, 5.41) is 23.5. The minimum Gasteiger partial charge on any atom is -0.390 e. The summed E-state index contributed by atoms with van der Waals surface area (Å²) in [5.41, 5.74) is 0. The van der Waals surface area contributed by atoms with Gasteiger partial charge in [0.2, 0.25) is 5.91 Å². The van der Waals surface area contributed by atoms with Crippen LogP contribution in [0.1, 0.15) is 110 Å². The Morgan fingerprint density at radius 2 is 1.46 bits per heavy atom. The van der Waals surface area contributed by atoms with Crippen molar-refractivity contribution in [2.75, 3.05) is 59.3 Å². The van der Waals surface area contributed by atoms with E-state index in [1.165, 1.54) is 25.7 Å². The third-order valence-electron chi connectivity index (χ3n) is 7.31. The molecule has 0 radical (unpaired) electrons. The van der Waals surface area contributed by atoms with E-state index in [4.69, 9.17) is 14.0 Å². The van der Waals surface area contributed by atoms with Crippen molar-refractivity contribution in [3.05, 3.63) is 0 Å². The molecule has 1 amide bonds.